The second-order valence-corrected chi connectivity index (χ2v) is 7.63. The fourth-order valence-electron chi connectivity index (χ4n) is 3.73. The highest BCUT2D eigenvalue weighted by molar-refractivity contribution is 5.98. The Morgan fingerprint density at radius 3 is 1.96 bits per heavy atom. The predicted molar refractivity (Wildman–Crippen MR) is 91.4 cm³/mol. The lowest BCUT2D eigenvalue weighted by atomic mass is 9.87. The van der Waals surface area contributed by atoms with Gasteiger partial charge in [-0.05, 0) is 32.6 Å². The van der Waals surface area contributed by atoms with Crippen molar-refractivity contribution in [2.24, 2.45) is 5.41 Å². The number of carbonyl (C=O) groups excluding carboxylic acids is 2. The van der Waals surface area contributed by atoms with Crippen molar-refractivity contribution in [3.63, 3.8) is 0 Å². The van der Waals surface area contributed by atoms with E-state index in [1.54, 1.807) is 0 Å². The minimum Gasteiger partial charge on any atom is -0.395 e. The van der Waals surface area contributed by atoms with Gasteiger partial charge in [0.25, 0.3) is 0 Å². The summed E-state index contributed by atoms with van der Waals surface area (Å²) in [6.07, 6.45) is 10.0. The van der Waals surface area contributed by atoms with Crippen LogP contribution in [-0.2, 0) is 4.79 Å². The van der Waals surface area contributed by atoms with E-state index in [4.69, 9.17) is 0 Å². The molecule has 24 heavy (non-hydrogen) atoms. The van der Waals surface area contributed by atoms with Crippen molar-refractivity contribution < 1.29 is 19.8 Å². The molecule has 0 saturated heterocycles. The molecule has 6 nitrogen and oxygen atoms in total. The summed E-state index contributed by atoms with van der Waals surface area (Å²) < 4.78 is 0. The molecule has 0 bridgehead atoms. The zero-order valence-electron chi connectivity index (χ0n) is 14.8. The highest BCUT2D eigenvalue weighted by Gasteiger charge is 2.42. The number of nitrogens with one attached hydrogen (secondary N) is 1. The Hall–Kier alpha value is -1.14. The standard InChI is InChI=1S/C18H32N2O4/c1-18(12-21,13-22)16(23)20(15-10-6-3-7-11-15)17(24)19-14-8-4-2-5-9-14/h14-15,21-22H,2-13H2,1H3,(H,19,24). The van der Waals surface area contributed by atoms with Crippen LogP contribution in [0.1, 0.15) is 71.1 Å². The molecular weight excluding hydrogens is 308 g/mol. The van der Waals surface area contributed by atoms with Crippen molar-refractivity contribution in [2.45, 2.75) is 83.2 Å². The lowest BCUT2D eigenvalue weighted by Crippen LogP contribution is -2.58. The van der Waals surface area contributed by atoms with Gasteiger partial charge in [-0.15, -0.1) is 0 Å². The van der Waals surface area contributed by atoms with E-state index in [2.05, 4.69) is 5.32 Å². The van der Waals surface area contributed by atoms with Gasteiger partial charge in [0.2, 0.25) is 5.91 Å². The van der Waals surface area contributed by atoms with Crippen LogP contribution >= 0.6 is 0 Å². The number of nitrogens with zero attached hydrogens (tertiary/aromatic N) is 1. The van der Waals surface area contributed by atoms with Gasteiger partial charge in [0, 0.05) is 12.1 Å². The van der Waals surface area contributed by atoms with Crippen LogP contribution in [0.3, 0.4) is 0 Å². The number of aliphatic hydroxyl groups excluding tert-OH is 2. The summed E-state index contributed by atoms with van der Waals surface area (Å²) in [6, 6.07) is -0.362. The van der Waals surface area contributed by atoms with Gasteiger partial charge in [-0.2, -0.15) is 0 Å². The summed E-state index contributed by atoms with van der Waals surface area (Å²) in [5.74, 6) is -0.465. The SMILES string of the molecule is CC(CO)(CO)C(=O)N(C(=O)NC1CCCCC1)C1CCCCC1. The molecule has 2 aliphatic carbocycles. The number of carbonyl (C=O) groups is 2. The van der Waals surface area contributed by atoms with E-state index in [9.17, 15) is 19.8 Å². The number of hydrogen-bond donors (Lipinski definition) is 3. The first-order valence-electron chi connectivity index (χ1n) is 9.37. The summed E-state index contributed by atoms with van der Waals surface area (Å²) in [4.78, 5) is 27.1. The van der Waals surface area contributed by atoms with Gasteiger partial charge in [-0.1, -0.05) is 38.5 Å². The zero-order chi connectivity index (χ0) is 17.6. The number of urea groups is 1. The van der Waals surface area contributed by atoms with E-state index in [-0.39, 0.29) is 18.1 Å². The molecule has 0 spiro atoms. The van der Waals surface area contributed by atoms with Crippen LogP contribution < -0.4 is 5.32 Å². The Bertz CT molecular complexity index is 425. The molecule has 0 heterocycles. The minimum atomic E-state index is -1.32. The number of aliphatic hydroxyl groups is 2. The van der Waals surface area contributed by atoms with Crippen LogP contribution in [0.25, 0.3) is 0 Å². The van der Waals surface area contributed by atoms with Crippen LogP contribution in [0, 0.1) is 5.41 Å². The molecule has 2 fully saturated rings. The Balaban J connectivity index is 2.14. The lowest BCUT2D eigenvalue weighted by molar-refractivity contribution is -0.145. The van der Waals surface area contributed by atoms with E-state index >= 15 is 0 Å². The largest absolute Gasteiger partial charge is 0.395 e. The van der Waals surface area contributed by atoms with E-state index in [1.165, 1.54) is 18.2 Å². The molecule has 0 aromatic carbocycles. The molecule has 2 saturated carbocycles. The minimum absolute atomic E-state index is 0.125. The summed E-state index contributed by atoms with van der Waals surface area (Å²) in [7, 11) is 0. The van der Waals surface area contributed by atoms with E-state index in [1.807, 2.05) is 0 Å². The van der Waals surface area contributed by atoms with Crippen molar-refractivity contribution in [3.05, 3.63) is 0 Å². The van der Waals surface area contributed by atoms with Gasteiger partial charge in [0.05, 0.1) is 18.6 Å². The van der Waals surface area contributed by atoms with Gasteiger partial charge in [-0.25, -0.2) is 4.79 Å². The Morgan fingerprint density at radius 1 is 0.958 bits per heavy atom. The van der Waals surface area contributed by atoms with Crippen LogP contribution in [-0.4, -0.2) is 52.3 Å². The number of amides is 3. The van der Waals surface area contributed by atoms with Crippen molar-refractivity contribution >= 4 is 11.9 Å². The average Bonchev–Trinajstić information content (AvgIpc) is 2.63. The van der Waals surface area contributed by atoms with E-state index in [0.717, 1.165) is 57.8 Å². The van der Waals surface area contributed by atoms with Crippen molar-refractivity contribution in [1.82, 2.24) is 10.2 Å². The third-order valence-electron chi connectivity index (χ3n) is 5.52. The quantitative estimate of drug-likeness (QED) is 0.715. The van der Waals surface area contributed by atoms with Crippen LogP contribution in [0.5, 0.6) is 0 Å². The first kappa shape index (κ1) is 19.2. The molecule has 0 unspecified atom stereocenters. The maximum absolute atomic E-state index is 13.0. The van der Waals surface area contributed by atoms with E-state index < -0.39 is 24.5 Å². The topological polar surface area (TPSA) is 89.9 Å². The second-order valence-electron chi connectivity index (χ2n) is 7.63. The van der Waals surface area contributed by atoms with Crippen LogP contribution in [0.15, 0.2) is 0 Å². The molecule has 3 amide bonds. The molecule has 0 atom stereocenters. The van der Waals surface area contributed by atoms with Crippen LogP contribution in [0.2, 0.25) is 0 Å². The maximum atomic E-state index is 13.0. The summed E-state index contributed by atoms with van der Waals surface area (Å²) in [5, 5.41) is 22.2. The summed E-state index contributed by atoms with van der Waals surface area (Å²) in [5.41, 5.74) is -1.32. The molecular formula is C18H32N2O4. The summed E-state index contributed by atoms with van der Waals surface area (Å²) in [6.45, 7) is 0.573. The molecule has 2 aliphatic rings. The fraction of sp³-hybridized carbons (Fsp3) is 0.889. The van der Waals surface area contributed by atoms with Gasteiger partial charge < -0.3 is 15.5 Å². The normalized spacial score (nSPS) is 20.6. The predicted octanol–water partition coefficient (Wildman–Crippen LogP) is 2.18. The molecule has 138 valence electrons. The Labute approximate surface area is 144 Å². The zero-order valence-corrected chi connectivity index (χ0v) is 14.8. The molecule has 0 radical (unpaired) electrons. The number of rotatable bonds is 5. The Kier molecular flexibility index (Phi) is 7.04. The first-order valence-corrected chi connectivity index (χ1v) is 9.37. The highest BCUT2D eigenvalue weighted by Crippen LogP contribution is 2.28. The molecule has 0 aliphatic heterocycles. The maximum Gasteiger partial charge on any atom is 0.324 e. The number of hydrogen-bond acceptors (Lipinski definition) is 4. The third-order valence-corrected chi connectivity index (χ3v) is 5.52. The third kappa shape index (κ3) is 4.48. The Morgan fingerprint density at radius 2 is 1.46 bits per heavy atom. The molecule has 6 heteroatoms. The molecule has 0 aromatic heterocycles. The van der Waals surface area contributed by atoms with Crippen molar-refractivity contribution in [1.29, 1.82) is 0 Å². The van der Waals surface area contributed by atoms with Crippen molar-refractivity contribution in [2.75, 3.05) is 13.2 Å². The first-order chi connectivity index (χ1) is 11.5. The smallest absolute Gasteiger partial charge is 0.324 e. The molecule has 0 aromatic rings. The molecule has 2 rings (SSSR count). The van der Waals surface area contributed by atoms with Crippen molar-refractivity contribution in [3.8, 4) is 0 Å². The lowest BCUT2D eigenvalue weighted by Gasteiger charge is -2.38. The van der Waals surface area contributed by atoms with Gasteiger partial charge in [0.15, 0.2) is 0 Å². The average molecular weight is 340 g/mol. The van der Waals surface area contributed by atoms with E-state index in [0.29, 0.717) is 0 Å². The van der Waals surface area contributed by atoms with Gasteiger partial charge in [0.1, 0.15) is 0 Å². The van der Waals surface area contributed by atoms with Gasteiger partial charge >= 0.3 is 6.03 Å². The van der Waals surface area contributed by atoms with Crippen LogP contribution in [0.4, 0.5) is 4.79 Å². The second kappa shape index (κ2) is 8.81. The highest BCUT2D eigenvalue weighted by atomic mass is 16.3. The van der Waals surface area contributed by atoms with Gasteiger partial charge in [-0.3, -0.25) is 9.69 Å². The number of imide groups is 1. The fourth-order valence-corrected chi connectivity index (χ4v) is 3.73. The monoisotopic (exact) mass is 340 g/mol. The molecule has 3 N–H and O–H groups in total. The summed E-state index contributed by atoms with van der Waals surface area (Å²) >= 11 is 0.